The molecule has 0 saturated carbocycles. The third-order valence-electron chi connectivity index (χ3n) is 7.21. The average molecular weight is 464 g/mol. The van der Waals surface area contributed by atoms with Gasteiger partial charge in [0.1, 0.15) is 12.4 Å². The minimum absolute atomic E-state index is 0.349. The average Bonchev–Trinajstić information content (AvgIpc) is 3.45. The van der Waals surface area contributed by atoms with E-state index >= 15 is 0 Å². The molecule has 0 bridgehead atoms. The molecule has 2 atom stereocenters. The number of hydrogen-bond acceptors (Lipinski definition) is 2. The quantitative estimate of drug-likeness (QED) is 0.132. The summed E-state index contributed by atoms with van der Waals surface area (Å²) in [6.07, 6.45) is 31.5. The third kappa shape index (κ3) is 14.9. The fourth-order valence-electron chi connectivity index (χ4n) is 5.07. The maximum atomic E-state index is 5.99. The van der Waals surface area contributed by atoms with Crippen LogP contribution in [-0.2, 0) is 23.1 Å². The van der Waals surface area contributed by atoms with E-state index in [4.69, 9.17) is 9.47 Å². The molecule has 1 aliphatic heterocycles. The lowest BCUT2D eigenvalue weighted by Crippen LogP contribution is -2.23. The van der Waals surface area contributed by atoms with Gasteiger partial charge in [0.05, 0.1) is 26.3 Å². The van der Waals surface area contributed by atoms with Crippen LogP contribution in [0.2, 0.25) is 0 Å². The number of aryl methyl sites for hydroxylation is 2. The molecule has 2 rings (SSSR count). The highest BCUT2D eigenvalue weighted by atomic mass is 16.5. The number of aromatic nitrogens is 2. The van der Waals surface area contributed by atoms with E-state index < -0.39 is 0 Å². The van der Waals surface area contributed by atoms with Gasteiger partial charge in [-0.05, 0) is 38.0 Å². The van der Waals surface area contributed by atoms with Gasteiger partial charge >= 0.3 is 0 Å². The first-order valence-electron chi connectivity index (χ1n) is 14.5. The van der Waals surface area contributed by atoms with E-state index in [0.717, 1.165) is 32.3 Å². The van der Waals surface area contributed by atoms with E-state index in [1.54, 1.807) is 0 Å². The van der Waals surface area contributed by atoms with Crippen LogP contribution < -0.4 is 4.57 Å². The van der Waals surface area contributed by atoms with Crippen LogP contribution in [0.15, 0.2) is 18.7 Å². The molecule has 0 amide bonds. The molecule has 33 heavy (non-hydrogen) atoms. The minimum atomic E-state index is 0.349. The number of rotatable bonds is 22. The van der Waals surface area contributed by atoms with Crippen molar-refractivity contribution in [1.29, 1.82) is 0 Å². The summed E-state index contributed by atoms with van der Waals surface area (Å²) in [4.78, 5) is 0. The Kier molecular flexibility index (Phi) is 16.7. The molecule has 4 nitrogen and oxygen atoms in total. The summed E-state index contributed by atoms with van der Waals surface area (Å²) in [7, 11) is 2.07. The van der Waals surface area contributed by atoms with Crippen molar-refractivity contribution in [3.05, 3.63) is 18.7 Å². The monoisotopic (exact) mass is 463 g/mol. The van der Waals surface area contributed by atoms with Gasteiger partial charge in [-0.25, -0.2) is 9.13 Å². The molecule has 192 valence electrons. The van der Waals surface area contributed by atoms with Gasteiger partial charge in [0, 0.05) is 13.2 Å². The number of hydrogen-bond donors (Lipinski definition) is 0. The Hall–Kier alpha value is -0.870. The van der Waals surface area contributed by atoms with E-state index in [1.165, 1.54) is 116 Å². The van der Waals surface area contributed by atoms with E-state index in [2.05, 4.69) is 41.8 Å². The summed E-state index contributed by atoms with van der Waals surface area (Å²) in [5, 5.41) is 0. The van der Waals surface area contributed by atoms with Crippen molar-refractivity contribution < 1.29 is 14.0 Å². The minimum Gasteiger partial charge on any atom is -0.379 e. The highest BCUT2D eigenvalue weighted by Crippen LogP contribution is 2.25. The van der Waals surface area contributed by atoms with Crippen molar-refractivity contribution in [2.45, 2.75) is 135 Å². The third-order valence-corrected chi connectivity index (χ3v) is 7.21. The standard InChI is InChI=1S/C29H55N2O2/c1-3-4-5-6-7-8-9-10-11-12-13-16-19-28-24-29(33-25-28)26-32-23-18-15-14-17-20-31-22-21-30(2)27-31/h21-22,27-29H,3-20,23-26H2,1-2H3/q+1/t28-,29+/m1/s1. The van der Waals surface area contributed by atoms with Gasteiger partial charge in [0.15, 0.2) is 0 Å². The first-order valence-corrected chi connectivity index (χ1v) is 14.5. The normalized spacial score (nSPS) is 18.4. The van der Waals surface area contributed by atoms with Gasteiger partial charge in [0.2, 0.25) is 6.33 Å². The highest BCUT2D eigenvalue weighted by Gasteiger charge is 2.24. The lowest BCUT2D eigenvalue weighted by Gasteiger charge is -2.10. The molecular formula is C29H55N2O2+. The molecule has 1 aromatic rings. The van der Waals surface area contributed by atoms with Gasteiger partial charge in [-0.2, -0.15) is 0 Å². The van der Waals surface area contributed by atoms with Gasteiger partial charge in [-0.3, -0.25) is 0 Å². The first-order chi connectivity index (χ1) is 16.3. The lowest BCUT2D eigenvalue weighted by atomic mass is 9.97. The van der Waals surface area contributed by atoms with Gasteiger partial charge in [-0.15, -0.1) is 0 Å². The molecule has 1 aromatic heterocycles. The van der Waals surface area contributed by atoms with Crippen LogP contribution in [0.1, 0.15) is 122 Å². The molecule has 1 saturated heterocycles. The van der Waals surface area contributed by atoms with E-state index in [9.17, 15) is 0 Å². The summed E-state index contributed by atoms with van der Waals surface area (Å²) in [6.45, 7) is 6.07. The highest BCUT2D eigenvalue weighted by molar-refractivity contribution is 4.73. The Balaban J connectivity index is 1.29. The second-order valence-electron chi connectivity index (χ2n) is 10.5. The predicted molar refractivity (Wildman–Crippen MR) is 138 cm³/mol. The molecule has 0 radical (unpaired) electrons. The molecule has 0 spiro atoms. The van der Waals surface area contributed by atoms with Crippen LogP contribution in [0.3, 0.4) is 0 Å². The molecular weight excluding hydrogens is 408 g/mol. The largest absolute Gasteiger partial charge is 0.379 e. The number of ether oxygens (including phenoxy) is 2. The first kappa shape index (κ1) is 28.4. The Morgan fingerprint density at radius 2 is 1.48 bits per heavy atom. The topological polar surface area (TPSA) is 27.3 Å². The maximum Gasteiger partial charge on any atom is 0.243 e. The van der Waals surface area contributed by atoms with Crippen LogP contribution in [0.4, 0.5) is 0 Å². The Morgan fingerprint density at radius 1 is 0.848 bits per heavy atom. The Bertz CT molecular complexity index is 560. The van der Waals surface area contributed by atoms with Gasteiger partial charge in [0.25, 0.3) is 0 Å². The molecule has 0 aromatic carbocycles. The van der Waals surface area contributed by atoms with Crippen molar-refractivity contribution in [2.75, 3.05) is 19.8 Å². The second kappa shape index (κ2) is 19.4. The van der Waals surface area contributed by atoms with Crippen LogP contribution >= 0.6 is 0 Å². The summed E-state index contributed by atoms with van der Waals surface area (Å²) in [5.41, 5.74) is 0. The molecule has 1 aliphatic rings. The molecule has 4 heteroatoms. The zero-order valence-electron chi connectivity index (χ0n) is 22.2. The van der Waals surface area contributed by atoms with Crippen molar-refractivity contribution in [3.63, 3.8) is 0 Å². The fraction of sp³-hybridized carbons (Fsp3) is 0.897. The number of unbranched alkanes of at least 4 members (excludes halogenated alkanes) is 14. The molecule has 0 aliphatic carbocycles. The Labute approximate surface area is 205 Å². The van der Waals surface area contributed by atoms with E-state index in [0.29, 0.717) is 6.10 Å². The number of nitrogens with zero attached hydrogens (tertiary/aromatic N) is 2. The van der Waals surface area contributed by atoms with Crippen LogP contribution in [0.25, 0.3) is 0 Å². The van der Waals surface area contributed by atoms with Crippen molar-refractivity contribution in [3.8, 4) is 0 Å². The molecule has 1 fully saturated rings. The van der Waals surface area contributed by atoms with Crippen molar-refractivity contribution in [2.24, 2.45) is 13.0 Å². The summed E-state index contributed by atoms with van der Waals surface area (Å²) in [5.74, 6) is 0.775. The van der Waals surface area contributed by atoms with Crippen molar-refractivity contribution >= 4 is 0 Å². The lowest BCUT2D eigenvalue weighted by molar-refractivity contribution is -0.671. The molecule has 2 heterocycles. The Morgan fingerprint density at radius 3 is 2.15 bits per heavy atom. The van der Waals surface area contributed by atoms with Gasteiger partial charge in [-0.1, -0.05) is 90.4 Å². The summed E-state index contributed by atoms with van der Waals surface area (Å²) >= 11 is 0. The zero-order valence-corrected chi connectivity index (χ0v) is 22.2. The number of imidazole rings is 1. The molecule has 0 unspecified atom stereocenters. The maximum absolute atomic E-state index is 5.99. The SMILES string of the molecule is CCCCCCCCCCCCCC[C@H]1CO[C@H](COCCCCCCn2cc[n+](C)c2)C1. The van der Waals surface area contributed by atoms with Crippen LogP contribution in [-0.4, -0.2) is 30.5 Å². The zero-order chi connectivity index (χ0) is 23.4. The van der Waals surface area contributed by atoms with Crippen LogP contribution in [0, 0.1) is 5.92 Å². The van der Waals surface area contributed by atoms with E-state index in [1.807, 2.05) is 0 Å². The molecule has 0 N–H and O–H groups in total. The fourth-order valence-corrected chi connectivity index (χ4v) is 5.07. The summed E-state index contributed by atoms with van der Waals surface area (Å²) < 4.78 is 16.3. The smallest absolute Gasteiger partial charge is 0.243 e. The van der Waals surface area contributed by atoms with Gasteiger partial charge < -0.3 is 9.47 Å². The van der Waals surface area contributed by atoms with Crippen molar-refractivity contribution in [1.82, 2.24) is 4.57 Å². The summed E-state index contributed by atoms with van der Waals surface area (Å²) in [6, 6.07) is 0. The van der Waals surface area contributed by atoms with E-state index in [-0.39, 0.29) is 0 Å². The predicted octanol–water partition coefficient (Wildman–Crippen LogP) is 7.39. The van der Waals surface area contributed by atoms with Crippen LogP contribution in [0.5, 0.6) is 0 Å². The second-order valence-corrected chi connectivity index (χ2v) is 10.5.